The molecule has 2 saturated carbocycles. The van der Waals surface area contributed by atoms with Crippen LogP contribution in [0, 0.1) is 0 Å². The standard InChI is InChI=1S/C29H53N7O13/c1-35-8-11-2-3-12(32)25(44-11)47-22-13(33)4-14(36-28(42)29(43)5-10(31)6-29)18(38)24(22)49-27-21(41)23(16(9-37)46-27)48-26-17(34)20(40)19(39)15(7-30)45-26/h2-3,10-27,35,37-41,43H,4-9,30-34H2,1H3,(H,36,42)/t10?,11-,12+,13-,14+,15-,16+,17+,18-,19+,20+,21+,22+,23+,24+,25+,26+,27-,29?/m0/s1. The highest BCUT2D eigenvalue weighted by Gasteiger charge is 2.55. The lowest BCUT2D eigenvalue weighted by molar-refractivity contribution is -0.284. The van der Waals surface area contributed by atoms with Gasteiger partial charge in [0.15, 0.2) is 18.9 Å². The van der Waals surface area contributed by atoms with E-state index >= 15 is 0 Å². The van der Waals surface area contributed by atoms with Crippen LogP contribution < -0.4 is 39.3 Å². The van der Waals surface area contributed by atoms with E-state index in [1.807, 2.05) is 0 Å². The number of carbonyl (C=O) groups excluding carboxylic acids is 1. The normalized spacial score (nSPS) is 50.2. The second kappa shape index (κ2) is 16.0. The molecule has 5 aliphatic rings. The zero-order chi connectivity index (χ0) is 35.8. The predicted molar refractivity (Wildman–Crippen MR) is 166 cm³/mol. The van der Waals surface area contributed by atoms with Crippen LogP contribution in [0.4, 0.5) is 0 Å². The van der Waals surface area contributed by atoms with Crippen LogP contribution in [-0.4, -0.2) is 179 Å². The van der Waals surface area contributed by atoms with E-state index < -0.39 is 122 Å². The van der Waals surface area contributed by atoms with Crippen LogP contribution in [0.3, 0.4) is 0 Å². The summed E-state index contributed by atoms with van der Waals surface area (Å²) < 4.78 is 35.8. The first-order valence-corrected chi connectivity index (χ1v) is 16.6. The van der Waals surface area contributed by atoms with Gasteiger partial charge < -0.3 is 98.4 Å². The third-order valence-electron chi connectivity index (χ3n) is 9.86. The van der Waals surface area contributed by atoms with Gasteiger partial charge in [-0.2, -0.15) is 0 Å². The first-order valence-electron chi connectivity index (χ1n) is 16.6. The van der Waals surface area contributed by atoms with Gasteiger partial charge in [-0.1, -0.05) is 12.2 Å². The van der Waals surface area contributed by atoms with Crippen LogP contribution in [-0.2, 0) is 33.2 Å². The molecule has 5 rings (SSSR count). The second-order valence-corrected chi connectivity index (χ2v) is 13.6. The number of nitrogens with one attached hydrogen (secondary N) is 2. The van der Waals surface area contributed by atoms with E-state index in [2.05, 4.69) is 10.6 Å². The molecule has 4 fully saturated rings. The van der Waals surface area contributed by atoms with Crippen molar-refractivity contribution < 1.29 is 63.9 Å². The predicted octanol–water partition coefficient (Wildman–Crippen LogP) is -7.79. The lowest BCUT2D eigenvalue weighted by Crippen LogP contribution is -2.69. The fraction of sp³-hybridized carbons (Fsp3) is 0.897. The molecule has 282 valence electrons. The summed E-state index contributed by atoms with van der Waals surface area (Å²) in [6, 6.07) is -4.27. The minimum absolute atomic E-state index is 0.0101. The molecule has 1 amide bonds. The number of carbonyl (C=O) groups is 1. The molecular weight excluding hydrogens is 654 g/mol. The van der Waals surface area contributed by atoms with Gasteiger partial charge in [0.1, 0.15) is 60.5 Å². The Kier molecular flexibility index (Phi) is 12.7. The molecule has 0 aromatic rings. The van der Waals surface area contributed by atoms with Gasteiger partial charge in [-0.15, -0.1) is 0 Å². The van der Waals surface area contributed by atoms with Gasteiger partial charge in [0.05, 0.1) is 30.8 Å². The third-order valence-corrected chi connectivity index (χ3v) is 9.86. The van der Waals surface area contributed by atoms with Crippen LogP contribution >= 0.6 is 0 Å². The molecule has 17 atom stereocenters. The van der Waals surface area contributed by atoms with Crippen LogP contribution in [0.1, 0.15) is 19.3 Å². The van der Waals surface area contributed by atoms with Gasteiger partial charge in [-0.25, -0.2) is 0 Å². The largest absolute Gasteiger partial charge is 0.394 e. The molecule has 0 aromatic heterocycles. The maximum Gasteiger partial charge on any atom is 0.252 e. The van der Waals surface area contributed by atoms with E-state index in [9.17, 15) is 35.4 Å². The van der Waals surface area contributed by atoms with Crippen LogP contribution in [0.15, 0.2) is 12.2 Å². The summed E-state index contributed by atoms with van der Waals surface area (Å²) in [5.74, 6) is -0.737. The molecule has 2 aliphatic carbocycles. The number of hydrogen-bond acceptors (Lipinski definition) is 19. The van der Waals surface area contributed by atoms with Gasteiger partial charge in [0.2, 0.25) is 0 Å². The van der Waals surface area contributed by atoms with Gasteiger partial charge in [0, 0.05) is 38.0 Å². The van der Waals surface area contributed by atoms with Crippen molar-refractivity contribution in [3.05, 3.63) is 12.2 Å². The average Bonchev–Trinajstić information content (AvgIpc) is 3.35. The monoisotopic (exact) mass is 707 g/mol. The zero-order valence-electron chi connectivity index (χ0n) is 27.2. The number of ether oxygens (including phenoxy) is 6. The van der Waals surface area contributed by atoms with Crippen molar-refractivity contribution in [2.75, 3.05) is 26.7 Å². The van der Waals surface area contributed by atoms with Crippen LogP contribution in [0.5, 0.6) is 0 Å². The van der Waals surface area contributed by atoms with Crippen molar-refractivity contribution in [2.45, 2.75) is 135 Å². The van der Waals surface area contributed by atoms with Gasteiger partial charge >= 0.3 is 0 Å². The van der Waals surface area contributed by atoms with Crippen molar-refractivity contribution in [1.29, 1.82) is 0 Å². The summed E-state index contributed by atoms with van der Waals surface area (Å²) in [6.45, 7) is -0.386. The van der Waals surface area contributed by atoms with Crippen molar-refractivity contribution in [3.8, 4) is 0 Å². The first-order chi connectivity index (χ1) is 23.2. The number of hydrogen-bond donors (Lipinski definition) is 13. The number of aliphatic hydroxyl groups excluding tert-OH is 5. The number of likely N-dealkylation sites (N-methyl/N-ethyl adjacent to an activating group) is 1. The van der Waals surface area contributed by atoms with Crippen molar-refractivity contribution in [2.24, 2.45) is 28.7 Å². The fourth-order valence-corrected chi connectivity index (χ4v) is 6.97. The molecule has 20 nitrogen and oxygen atoms in total. The zero-order valence-corrected chi connectivity index (χ0v) is 27.2. The lowest BCUT2D eigenvalue weighted by Gasteiger charge is -2.47. The fourth-order valence-electron chi connectivity index (χ4n) is 6.97. The molecule has 3 heterocycles. The Morgan fingerprint density at radius 1 is 0.857 bits per heavy atom. The highest BCUT2D eigenvalue weighted by atomic mass is 16.8. The Labute approximate surface area is 283 Å². The Morgan fingerprint density at radius 3 is 2.14 bits per heavy atom. The molecular formula is C29H53N7O13. The highest BCUT2D eigenvalue weighted by molar-refractivity contribution is 5.86. The Balaban J connectivity index is 1.35. The van der Waals surface area contributed by atoms with Crippen LogP contribution in [0.2, 0.25) is 0 Å². The van der Waals surface area contributed by atoms with E-state index in [1.165, 1.54) is 0 Å². The third kappa shape index (κ3) is 8.11. The van der Waals surface area contributed by atoms with Gasteiger partial charge in [0.25, 0.3) is 5.91 Å². The minimum atomic E-state index is -1.71. The molecule has 0 bridgehead atoms. The molecule has 0 radical (unpaired) electrons. The number of nitrogens with two attached hydrogens (primary N) is 5. The van der Waals surface area contributed by atoms with E-state index in [0.717, 1.165) is 0 Å². The molecule has 3 aliphatic heterocycles. The van der Waals surface area contributed by atoms with E-state index in [1.54, 1.807) is 19.2 Å². The van der Waals surface area contributed by atoms with E-state index in [-0.39, 0.29) is 31.8 Å². The molecule has 0 unspecified atom stereocenters. The molecule has 0 aromatic carbocycles. The minimum Gasteiger partial charge on any atom is -0.394 e. The maximum atomic E-state index is 13.0. The average molecular weight is 708 g/mol. The van der Waals surface area contributed by atoms with Crippen molar-refractivity contribution in [1.82, 2.24) is 10.6 Å². The topological polar surface area (TPSA) is 348 Å². The summed E-state index contributed by atoms with van der Waals surface area (Å²) in [5.41, 5.74) is 28.6. The van der Waals surface area contributed by atoms with E-state index in [0.29, 0.717) is 6.54 Å². The van der Waals surface area contributed by atoms with Gasteiger partial charge in [-0.3, -0.25) is 4.79 Å². The molecule has 49 heavy (non-hydrogen) atoms. The Morgan fingerprint density at radius 2 is 1.51 bits per heavy atom. The Hall–Kier alpha value is -1.51. The maximum absolute atomic E-state index is 13.0. The highest BCUT2D eigenvalue weighted by Crippen LogP contribution is 2.35. The van der Waals surface area contributed by atoms with E-state index in [4.69, 9.17) is 57.1 Å². The quantitative estimate of drug-likeness (QED) is 0.0837. The van der Waals surface area contributed by atoms with Crippen molar-refractivity contribution in [3.63, 3.8) is 0 Å². The lowest BCUT2D eigenvalue weighted by atomic mass is 9.75. The summed E-state index contributed by atoms with van der Waals surface area (Å²) in [5, 5.41) is 70.1. The molecule has 0 spiro atoms. The summed E-state index contributed by atoms with van der Waals surface area (Å²) in [4.78, 5) is 13.0. The van der Waals surface area contributed by atoms with Crippen molar-refractivity contribution >= 4 is 5.91 Å². The molecule has 18 N–H and O–H groups in total. The van der Waals surface area contributed by atoms with Gasteiger partial charge in [-0.05, 0) is 13.5 Å². The number of amides is 1. The molecule has 2 saturated heterocycles. The first kappa shape index (κ1) is 38.7. The number of rotatable bonds is 12. The Bertz CT molecular complexity index is 1140. The second-order valence-electron chi connectivity index (χ2n) is 13.6. The molecule has 20 heteroatoms. The SMILES string of the molecule is CNC[C@@H]1C=C[C@@H](N)[C@@H](O[C@H]2[C@H](O[C@@H]3O[C@H](CO)[C@@H](O[C@H]4O[C@@H](CN)[C@@H](O)[C@H](O)[C@H]4N)[C@H]3O)[C@@H](O)[C@H](NC(=O)C3(O)CC(N)C3)C[C@@H]2N)O1. The van der Waals surface area contributed by atoms with Crippen LogP contribution in [0.25, 0.3) is 0 Å². The smallest absolute Gasteiger partial charge is 0.252 e. The summed E-state index contributed by atoms with van der Waals surface area (Å²) >= 11 is 0. The number of aliphatic hydroxyl groups is 6. The summed E-state index contributed by atoms with van der Waals surface area (Å²) in [6.07, 6.45) is -12.9. The summed E-state index contributed by atoms with van der Waals surface area (Å²) in [7, 11) is 1.75.